The van der Waals surface area contributed by atoms with E-state index in [4.69, 9.17) is 5.73 Å². The highest BCUT2D eigenvalue weighted by atomic mass is 19.1. The molecule has 0 atom stereocenters. The van der Waals surface area contributed by atoms with Crippen LogP contribution in [0.4, 0.5) is 4.39 Å². The van der Waals surface area contributed by atoms with Crippen molar-refractivity contribution < 1.29 is 4.39 Å². The molecule has 1 aliphatic rings. The van der Waals surface area contributed by atoms with Crippen LogP contribution >= 0.6 is 0 Å². The van der Waals surface area contributed by atoms with Crippen LogP contribution in [-0.4, -0.2) is 6.54 Å². The van der Waals surface area contributed by atoms with Crippen LogP contribution in [0, 0.1) is 5.82 Å². The first kappa shape index (κ1) is 16.7. The van der Waals surface area contributed by atoms with E-state index in [-0.39, 0.29) is 5.82 Å². The van der Waals surface area contributed by atoms with E-state index in [0.717, 1.165) is 28.7 Å². The molecule has 0 heterocycles. The third-order valence-electron chi connectivity index (χ3n) is 4.76. The molecule has 0 unspecified atom stereocenters. The van der Waals surface area contributed by atoms with E-state index in [1.165, 1.54) is 22.8 Å². The molecule has 24 heavy (non-hydrogen) atoms. The molecule has 1 aliphatic carbocycles. The van der Waals surface area contributed by atoms with Gasteiger partial charge in [0, 0.05) is 0 Å². The maximum absolute atomic E-state index is 13.7. The first-order valence-corrected chi connectivity index (χ1v) is 8.53. The van der Waals surface area contributed by atoms with E-state index >= 15 is 0 Å². The van der Waals surface area contributed by atoms with Gasteiger partial charge in [-0.05, 0) is 83.0 Å². The summed E-state index contributed by atoms with van der Waals surface area (Å²) in [6.45, 7) is 7.07. The molecule has 2 heteroatoms. The van der Waals surface area contributed by atoms with Crippen LogP contribution in [-0.2, 0) is 0 Å². The Morgan fingerprint density at radius 3 is 2.38 bits per heavy atom. The molecule has 0 radical (unpaired) electrons. The van der Waals surface area contributed by atoms with Gasteiger partial charge in [-0.2, -0.15) is 0 Å². The van der Waals surface area contributed by atoms with Crippen LogP contribution in [0.5, 0.6) is 0 Å². The summed E-state index contributed by atoms with van der Waals surface area (Å²) in [6.07, 6.45) is 2.96. The van der Waals surface area contributed by atoms with Gasteiger partial charge in [0.1, 0.15) is 5.82 Å². The Morgan fingerprint density at radius 2 is 1.75 bits per heavy atom. The zero-order valence-corrected chi connectivity index (χ0v) is 14.6. The first-order valence-electron chi connectivity index (χ1n) is 8.53. The van der Waals surface area contributed by atoms with Crippen molar-refractivity contribution in [2.75, 3.05) is 6.54 Å². The molecular weight excluding hydrogens is 297 g/mol. The van der Waals surface area contributed by atoms with Crippen molar-refractivity contribution in [2.45, 2.75) is 33.1 Å². The molecule has 2 N–H and O–H groups in total. The van der Waals surface area contributed by atoms with Crippen LogP contribution < -0.4 is 5.73 Å². The fourth-order valence-corrected chi connectivity index (χ4v) is 3.36. The summed E-state index contributed by atoms with van der Waals surface area (Å²) in [5.74, 6) is 0.332. The quantitative estimate of drug-likeness (QED) is 0.776. The lowest BCUT2D eigenvalue weighted by atomic mass is 9.98. The minimum atomic E-state index is -0.196. The molecular formula is C22H24FN. The number of fused-ring (bicyclic) bond motifs is 1. The van der Waals surface area contributed by atoms with Crippen LogP contribution in [0.1, 0.15) is 55.4 Å². The van der Waals surface area contributed by atoms with Crippen molar-refractivity contribution in [3.05, 3.63) is 76.1 Å². The Bertz CT molecular complexity index is 810. The zero-order chi connectivity index (χ0) is 17.3. The van der Waals surface area contributed by atoms with Crippen LogP contribution in [0.15, 0.2) is 48.0 Å². The number of halogens is 1. The molecule has 0 amide bonds. The lowest BCUT2D eigenvalue weighted by Crippen LogP contribution is -2.00. The number of hydrogen-bond donors (Lipinski definition) is 1. The minimum Gasteiger partial charge on any atom is -0.330 e. The van der Waals surface area contributed by atoms with Gasteiger partial charge in [0.15, 0.2) is 0 Å². The van der Waals surface area contributed by atoms with Gasteiger partial charge in [0.2, 0.25) is 0 Å². The standard InChI is InChI=1S/C22H24FN/c1-14(2)17-6-4-16(5-7-17)12-21-15(3)19(10-11-24)22-13-18(23)8-9-20(21)22/h4-9,12-14H,10-11,24H2,1-3H3/b21-12-. The van der Waals surface area contributed by atoms with Gasteiger partial charge in [-0.1, -0.05) is 44.2 Å². The van der Waals surface area contributed by atoms with Crippen molar-refractivity contribution in [3.8, 4) is 0 Å². The van der Waals surface area contributed by atoms with Crippen molar-refractivity contribution in [2.24, 2.45) is 5.73 Å². The molecule has 0 saturated carbocycles. The number of nitrogens with two attached hydrogens (primary N) is 1. The molecule has 0 spiro atoms. The highest BCUT2D eigenvalue weighted by Gasteiger charge is 2.23. The largest absolute Gasteiger partial charge is 0.330 e. The highest BCUT2D eigenvalue weighted by Crippen LogP contribution is 2.43. The van der Waals surface area contributed by atoms with Crippen molar-refractivity contribution >= 4 is 17.2 Å². The molecule has 0 saturated heterocycles. The molecule has 0 fully saturated rings. The van der Waals surface area contributed by atoms with E-state index < -0.39 is 0 Å². The third-order valence-corrected chi connectivity index (χ3v) is 4.76. The monoisotopic (exact) mass is 321 g/mol. The van der Waals surface area contributed by atoms with Gasteiger partial charge in [-0.15, -0.1) is 0 Å². The SMILES string of the molecule is CC1=C(CCN)c2cc(F)ccc2/C1=C\c1ccc(C(C)C)cc1. The normalized spacial score (nSPS) is 15.5. The van der Waals surface area contributed by atoms with Gasteiger partial charge >= 0.3 is 0 Å². The molecule has 0 aromatic heterocycles. The topological polar surface area (TPSA) is 26.0 Å². The van der Waals surface area contributed by atoms with Crippen LogP contribution in [0.2, 0.25) is 0 Å². The fourth-order valence-electron chi connectivity index (χ4n) is 3.36. The summed E-state index contributed by atoms with van der Waals surface area (Å²) < 4.78 is 13.7. The van der Waals surface area contributed by atoms with Gasteiger partial charge in [-0.25, -0.2) is 4.39 Å². The summed E-state index contributed by atoms with van der Waals surface area (Å²) in [4.78, 5) is 0. The highest BCUT2D eigenvalue weighted by molar-refractivity contribution is 6.05. The molecule has 0 aliphatic heterocycles. The van der Waals surface area contributed by atoms with E-state index in [9.17, 15) is 4.39 Å². The number of benzene rings is 2. The van der Waals surface area contributed by atoms with Gasteiger partial charge in [-0.3, -0.25) is 0 Å². The predicted octanol–water partition coefficient (Wildman–Crippen LogP) is 5.63. The smallest absolute Gasteiger partial charge is 0.123 e. The molecule has 124 valence electrons. The van der Waals surface area contributed by atoms with Crippen molar-refractivity contribution in [1.29, 1.82) is 0 Å². The number of rotatable bonds is 4. The van der Waals surface area contributed by atoms with E-state index in [1.807, 2.05) is 6.07 Å². The van der Waals surface area contributed by atoms with Gasteiger partial charge in [0.25, 0.3) is 0 Å². The lowest BCUT2D eigenvalue weighted by Gasteiger charge is -2.07. The van der Waals surface area contributed by atoms with Gasteiger partial charge < -0.3 is 5.73 Å². The van der Waals surface area contributed by atoms with E-state index in [2.05, 4.69) is 51.1 Å². The first-order chi connectivity index (χ1) is 11.5. The zero-order valence-electron chi connectivity index (χ0n) is 14.6. The second-order valence-electron chi connectivity index (χ2n) is 6.71. The minimum absolute atomic E-state index is 0.196. The average Bonchev–Trinajstić information content (AvgIpc) is 2.81. The second kappa shape index (κ2) is 6.74. The molecule has 2 aromatic carbocycles. The van der Waals surface area contributed by atoms with Gasteiger partial charge in [0.05, 0.1) is 0 Å². The number of allylic oxidation sites excluding steroid dienone is 2. The summed E-state index contributed by atoms with van der Waals surface area (Å²) >= 11 is 0. The number of hydrogen-bond acceptors (Lipinski definition) is 1. The lowest BCUT2D eigenvalue weighted by molar-refractivity contribution is 0.627. The van der Waals surface area contributed by atoms with E-state index in [0.29, 0.717) is 12.5 Å². The Balaban J connectivity index is 2.07. The maximum Gasteiger partial charge on any atom is 0.123 e. The Labute approximate surface area is 143 Å². The summed E-state index contributed by atoms with van der Waals surface area (Å²) in [6, 6.07) is 13.7. The van der Waals surface area contributed by atoms with Crippen LogP contribution in [0.3, 0.4) is 0 Å². The third kappa shape index (κ3) is 3.07. The molecule has 0 bridgehead atoms. The summed E-state index contributed by atoms with van der Waals surface area (Å²) in [5.41, 5.74) is 13.9. The summed E-state index contributed by atoms with van der Waals surface area (Å²) in [7, 11) is 0. The second-order valence-corrected chi connectivity index (χ2v) is 6.71. The van der Waals surface area contributed by atoms with Crippen LogP contribution in [0.25, 0.3) is 17.2 Å². The molecule has 1 nitrogen and oxygen atoms in total. The average molecular weight is 321 g/mol. The molecule has 2 aromatic rings. The summed E-state index contributed by atoms with van der Waals surface area (Å²) in [5, 5.41) is 0. The predicted molar refractivity (Wildman–Crippen MR) is 101 cm³/mol. The Hall–Kier alpha value is -2.19. The van der Waals surface area contributed by atoms with Crippen molar-refractivity contribution in [3.63, 3.8) is 0 Å². The Morgan fingerprint density at radius 1 is 1.04 bits per heavy atom. The molecule has 3 rings (SSSR count). The fraction of sp³-hybridized carbons (Fsp3) is 0.273. The van der Waals surface area contributed by atoms with E-state index in [1.54, 1.807) is 6.07 Å². The maximum atomic E-state index is 13.7. The Kier molecular flexibility index (Phi) is 4.68. The van der Waals surface area contributed by atoms with Crippen molar-refractivity contribution in [1.82, 2.24) is 0 Å².